The summed E-state index contributed by atoms with van der Waals surface area (Å²) in [7, 11) is 4.40. The van der Waals surface area contributed by atoms with Gasteiger partial charge in [0.15, 0.2) is 0 Å². The summed E-state index contributed by atoms with van der Waals surface area (Å²) in [5.74, 6) is 3.62. The molecule has 4 heteroatoms. The number of hydrogen-bond donors (Lipinski definition) is 1. The van der Waals surface area contributed by atoms with E-state index in [-0.39, 0.29) is 6.04 Å². The molecule has 0 aromatic carbocycles. The van der Waals surface area contributed by atoms with E-state index < -0.39 is 0 Å². The lowest BCUT2D eigenvalue weighted by atomic mass is 10.1. The van der Waals surface area contributed by atoms with E-state index in [9.17, 15) is 0 Å². The van der Waals surface area contributed by atoms with E-state index in [2.05, 4.69) is 43.0 Å². The molecule has 1 aliphatic carbocycles. The van der Waals surface area contributed by atoms with Crippen molar-refractivity contribution in [3.63, 3.8) is 0 Å². The van der Waals surface area contributed by atoms with E-state index >= 15 is 0 Å². The molecule has 1 aromatic rings. The first kappa shape index (κ1) is 15.1. The lowest BCUT2D eigenvalue weighted by Crippen LogP contribution is -2.40. The minimum atomic E-state index is 0.196. The predicted octanol–water partition coefficient (Wildman–Crippen LogP) is 2.43. The highest BCUT2D eigenvalue weighted by Crippen LogP contribution is 2.47. The molecule has 4 unspecified atom stereocenters. The van der Waals surface area contributed by atoms with Crippen LogP contribution in [0.1, 0.15) is 49.7 Å². The van der Waals surface area contributed by atoms with Crippen LogP contribution in [0.3, 0.4) is 0 Å². The fourth-order valence-electron chi connectivity index (χ4n) is 3.65. The molecular weight excluding hydrogens is 262 g/mol. The average molecular weight is 291 g/mol. The highest BCUT2D eigenvalue weighted by molar-refractivity contribution is 5.19. The van der Waals surface area contributed by atoms with E-state index in [4.69, 9.17) is 10.2 Å². The van der Waals surface area contributed by atoms with Gasteiger partial charge in [0, 0.05) is 25.0 Å². The minimum Gasteiger partial charge on any atom is -0.464 e. The van der Waals surface area contributed by atoms with E-state index in [1.165, 1.54) is 25.8 Å². The van der Waals surface area contributed by atoms with Crippen LogP contribution in [0.2, 0.25) is 0 Å². The van der Waals surface area contributed by atoms with Gasteiger partial charge in [-0.15, -0.1) is 0 Å². The Balaban J connectivity index is 1.64. The maximum Gasteiger partial charge on any atom is 0.122 e. The lowest BCUT2D eigenvalue weighted by Gasteiger charge is -2.30. The normalized spacial score (nSPS) is 31.0. The van der Waals surface area contributed by atoms with E-state index in [1.807, 2.05) is 0 Å². The van der Waals surface area contributed by atoms with E-state index in [0.717, 1.165) is 24.0 Å². The van der Waals surface area contributed by atoms with Crippen LogP contribution in [0.5, 0.6) is 0 Å². The second kappa shape index (κ2) is 6.11. The highest BCUT2D eigenvalue weighted by atomic mass is 16.3. The quantitative estimate of drug-likeness (QED) is 0.874. The Morgan fingerprint density at radius 2 is 2.24 bits per heavy atom. The Labute approximate surface area is 128 Å². The van der Waals surface area contributed by atoms with Crippen LogP contribution in [-0.2, 0) is 0 Å². The predicted molar refractivity (Wildman–Crippen MR) is 85.3 cm³/mol. The zero-order valence-electron chi connectivity index (χ0n) is 13.6. The van der Waals surface area contributed by atoms with Gasteiger partial charge in [-0.05, 0) is 58.0 Å². The van der Waals surface area contributed by atoms with Crippen molar-refractivity contribution in [2.45, 2.75) is 44.2 Å². The van der Waals surface area contributed by atoms with E-state index in [1.54, 1.807) is 0 Å². The summed E-state index contributed by atoms with van der Waals surface area (Å²) in [6.45, 7) is 5.18. The fourth-order valence-corrected chi connectivity index (χ4v) is 3.65. The molecule has 0 amide bonds. The van der Waals surface area contributed by atoms with Crippen molar-refractivity contribution in [3.8, 4) is 0 Å². The van der Waals surface area contributed by atoms with Crippen LogP contribution in [0.25, 0.3) is 0 Å². The summed E-state index contributed by atoms with van der Waals surface area (Å²) in [5.41, 5.74) is 6.03. The summed E-state index contributed by atoms with van der Waals surface area (Å²) >= 11 is 0. The zero-order valence-corrected chi connectivity index (χ0v) is 13.6. The number of furan rings is 1. The van der Waals surface area contributed by atoms with Crippen LogP contribution in [-0.4, -0.2) is 49.6 Å². The Morgan fingerprint density at radius 1 is 1.48 bits per heavy atom. The summed E-state index contributed by atoms with van der Waals surface area (Å²) in [6, 6.07) is 5.14. The second-order valence-corrected chi connectivity index (χ2v) is 7.03. The number of nitrogens with zero attached hydrogens (tertiary/aromatic N) is 2. The van der Waals surface area contributed by atoms with Gasteiger partial charge in [-0.1, -0.05) is 6.92 Å². The molecule has 2 N–H and O–H groups in total. The van der Waals surface area contributed by atoms with Crippen LogP contribution in [0.4, 0.5) is 0 Å². The lowest BCUT2D eigenvalue weighted by molar-refractivity contribution is 0.164. The maximum atomic E-state index is 6.11. The monoisotopic (exact) mass is 291 g/mol. The Morgan fingerprint density at radius 3 is 2.81 bits per heavy atom. The molecule has 3 rings (SSSR count). The molecule has 0 radical (unpaired) electrons. The van der Waals surface area contributed by atoms with Crippen molar-refractivity contribution in [1.29, 1.82) is 0 Å². The molecule has 2 heterocycles. The van der Waals surface area contributed by atoms with Crippen LogP contribution >= 0.6 is 0 Å². The third-order valence-electron chi connectivity index (χ3n) is 5.38. The largest absolute Gasteiger partial charge is 0.464 e. The molecular formula is C17H29N3O. The van der Waals surface area contributed by atoms with Crippen molar-refractivity contribution in [3.05, 3.63) is 23.7 Å². The van der Waals surface area contributed by atoms with Gasteiger partial charge in [0.05, 0.1) is 6.04 Å². The van der Waals surface area contributed by atoms with Gasteiger partial charge in [-0.2, -0.15) is 0 Å². The summed E-state index contributed by atoms with van der Waals surface area (Å²) in [4.78, 5) is 4.83. The van der Waals surface area contributed by atoms with Gasteiger partial charge in [0.1, 0.15) is 11.5 Å². The van der Waals surface area contributed by atoms with Gasteiger partial charge >= 0.3 is 0 Å². The third-order valence-corrected chi connectivity index (χ3v) is 5.38. The molecule has 4 nitrogen and oxygen atoms in total. The van der Waals surface area contributed by atoms with Gasteiger partial charge in [-0.3, -0.25) is 4.90 Å². The molecule has 1 saturated heterocycles. The van der Waals surface area contributed by atoms with Gasteiger partial charge in [-0.25, -0.2) is 0 Å². The van der Waals surface area contributed by atoms with Crippen LogP contribution in [0.15, 0.2) is 16.5 Å². The van der Waals surface area contributed by atoms with Crippen molar-refractivity contribution in [2.24, 2.45) is 11.7 Å². The Kier molecular flexibility index (Phi) is 4.38. The summed E-state index contributed by atoms with van der Waals surface area (Å²) < 4.78 is 6.11. The molecule has 0 bridgehead atoms. The molecule has 2 aliphatic rings. The molecule has 1 aliphatic heterocycles. The molecule has 1 aromatic heterocycles. The summed E-state index contributed by atoms with van der Waals surface area (Å²) in [6.07, 6.45) is 3.87. The van der Waals surface area contributed by atoms with Gasteiger partial charge < -0.3 is 15.1 Å². The molecule has 1 saturated carbocycles. The van der Waals surface area contributed by atoms with Crippen LogP contribution in [0, 0.1) is 5.92 Å². The van der Waals surface area contributed by atoms with Crippen molar-refractivity contribution < 1.29 is 4.42 Å². The number of rotatable bonds is 6. The number of nitrogens with two attached hydrogens (primary N) is 1. The summed E-state index contributed by atoms with van der Waals surface area (Å²) in [5, 5.41) is 0. The van der Waals surface area contributed by atoms with Crippen molar-refractivity contribution in [2.75, 3.05) is 33.7 Å². The molecule has 21 heavy (non-hydrogen) atoms. The molecule has 2 fully saturated rings. The number of hydrogen-bond acceptors (Lipinski definition) is 4. The standard InChI is InChI=1S/C17H29N3O/c1-12-9-14(12)16-6-7-17(21-16)15(10-18)20(3)11-13-5-4-8-19(13)2/h6-7,12-15H,4-5,8-11,18H2,1-3H3. The van der Waals surface area contributed by atoms with Gasteiger partial charge in [0.25, 0.3) is 0 Å². The van der Waals surface area contributed by atoms with Crippen LogP contribution < -0.4 is 5.73 Å². The smallest absolute Gasteiger partial charge is 0.122 e. The Bertz CT molecular complexity index is 472. The first-order valence-corrected chi connectivity index (χ1v) is 8.30. The minimum absolute atomic E-state index is 0.196. The first-order chi connectivity index (χ1) is 10.1. The highest BCUT2D eigenvalue weighted by Gasteiger charge is 2.37. The van der Waals surface area contributed by atoms with Crippen molar-refractivity contribution in [1.82, 2.24) is 9.80 Å². The van der Waals surface area contributed by atoms with Gasteiger partial charge in [0.2, 0.25) is 0 Å². The van der Waals surface area contributed by atoms with Crippen molar-refractivity contribution >= 4 is 0 Å². The number of likely N-dealkylation sites (tertiary alicyclic amines) is 1. The number of likely N-dealkylation sites (N-methyl/N-ethyl adjacent to an activating group) is 2. The van der Waals surface area contributed by atoms with E-state index in [0.29, 0.717) is 18.5 Å². The third kappa shape index (κ3) is 3.17. The first-order valence-electron chi connectivity index (χ1n) is 8.30. The maximum absolute atomic E-state index is 6.11. The second-order valence-electron chi connectivity index (χ2n) is 7.03. The Hall–Kier alpha value is -0.840. The molecule has 0 spiro atoms. The molecule has 118 valence electrons. The molecule has 4 atom stereocenters. The average Bonchev–Trinajstić information content (AvgIpc) is 2.86. The topological polar surface area (TPSA) is 45.6 Å². The zero-order chi connectivity index (χ0) is 15.0. The fraction of sp³-hybridized carbons (Fsp3) is 0.765. The SMILES string of the molecule is CC1CC1c1ccc(C(CN)N(C)CC2CCCN2C)o1.